The summed E-state index contributed by atoms with van der Waals surface area (Å²) >= 11 is 0. The molecule has 1 aromatic carbocycles. The van der Waals surface area contributed by atoms with Gasteiger partial charge in [0.2, 0.25) is 0 Å². The molecule has 1 aromatic rings. The quantitative estimate of drug-likeness (QED) is 0.346. The van der Waals surface area contributed by atoms with Crippen molar-refractivity contribution in [2.45, 2.75) is 58.7 Å². The molecule has 0 amide bonds. The van der Waals surface area contributed by atoms with Crippen molar-refractivity contribution < 1.29 is 15.3 Å². The van der Waals surface area contributed by atoms with Crippen molar-refractivity contribution in [1.29, 1.82) is 0 Å². The van der Waals surface area contributed by atoms with Crippen LogP contribution < -0.4 is 0 Å². The van der Waals surface area contributed by atoms with E-state index in [9.17, 15) is 5.11 Å². The van der Waals surface area contributed by atoms with Crippen molar-refractivity contribution in [3.05, 3.63) is 54.1 Å². The van der Waals surface area contributed by atoms with Gasteiger partial charge in [0.25, 0.3) is 0 Å². The second kappa shape index (κ2) is 10.4. The lowest BCUT2D eigenvalue weighted by molar-refractivity contribution is -0.326. The molecule has 0 aromatic heterocycles. The maximum absolute atomic E-state index is 9.52. The maximum atomic E-state index is 9.52. The smallest absolute Gasteiger partial charge is 0.103 e. The molecule has 0 aliphatic heterocycles. The molecule has 2 N–H and O–H groups in total. The molecule has 0 aliphatic rings. The molecule has 4 atom stereocenters. The van der Waals surface area contributed by atoms with Crippen LogP contribution in [0.15, 0.2) is 48.6 Å². The van der Waals surface area contributed by atoms with Crippen LogP contribution in [0.4, 0.5) is 0 Å². The monoisotopic (exact) mass is 332 g/mol. The van der Waals surface area contributed by atoms with Gasteiger partial charge in [0.15, 0.2) is 0 Å². The minimum Gasteiger partial charge on any atom is -0.393 e. The zero-order valence-electron chi connectivity index (χ0n) is 15.4. The van der Waals surface area contributed by atoms with Crippen molar-refractivity contribution in [2.24, 2.45) is 11.8 Å². The van der Waals surface area contributed by atoms with Crippen LogP contribution in [0, 0.1) is 11.8 Å². The van der Waals surface area contributed by atoms with Gasteiger partial charge < -0.3 is 5.11 Å². The number of hydrogen-bond donors (Lipinski definition) is 2. The average Bonchev–Trinajstić information content (AvgIpc) is 2.53. The van der Waals surface area contributed by atoms with Crippen LogP contribution in [-0.2, 0) is 4.89 Å². The van der Waals surface area contributed by atoms with Gasteiger partial charge in [0.1, 0.15) is 5.60 Å². The summed E-state index contributed by atoms with van der Waals surface area (Å²) in [6, 6.07) is 10.3. The normalized spacial score (nSPS) is 18.6. The van der Waals surface area contributed by atoms with Crippen LogP contribution in [0.3, 0.4) is 0 Å². The molecule has 0 heterocycles. The highest BCUT2D eigenvalue weighted by atomic mass is 17.1. The lowest BCUT2D eigenvalue weighted by atomic mass is 9.88. The van der Waals surface area contributed by atoms with Crippen LogP contribution in [0.1, 0.15) is 52.5 Å². The van der Waals surface area contributed by atoms with E-state index in [4.69, 9.17) is 5.26 Å². The SMILES string of the molecule is C[C@H](/C=C/c1ccccc1)C/C=C/[C@H](C)C[C@](C)(C[C@@H](C)O)OO. The van der Waals surface area contributed by atoms with Crippen LogP contribution in [0.2, 0.25) is 0 Å². The van der Waals surface area contributed by atoms with E-state index < -0.39 is 11.7 Å². The summed E-state index contributed by atoms with van der Waals surface area (Å²) < 4.78 is 0. The molecule has 1 rings (SSSR count). The average molecular weight is 332 g/mol. The Morgan fingerprint density at radius 3 is 2.29 bits per heavy atom. The van der Waals surface area contributed by atoms with Crippen LogP contribution in [0.25, 0.3) is 6.08 Å². The van der Waals surface area contributed by atoms with Gasteiger partial charge in [0.05, 0.1) is 6.10 Å². The van der Waals surface area contributed by atoms with Gasteiger partial charge in [-0.3, -0.25) is 5.26 Å². The molecule has 24 heavy (non-hydrogen) atoms. The van der Waals surface area contributed by atoms with Gasteiger partial charge >= 0.3 is 0 Å². The number of allylic oxidation sites excluding steroid dienone is 3. The van der Waals surface area contributed by atoms with Crippen molar-refractivity contribution in [3.63, 3.8) is 0 Å². The molecule has 0 radical (unpaired) electrons. The van der Waals surface area contributed by atoms with Crippen LogP contribution >= 0.6 is 0 Å². The first-order valence-electron chi connectivity index (χ1n) is 8.75. The van der Waals surface area contributed by atoms with Gasteiger partial charge in [-0.1, -0.05) is 68.5 Å². The van der Waals surface area contributed by atoms with Crippen molar-refractivity contribution in [1.82, 2.24) is 0 Å². The summed E-state index contributed by atoms with van der Waals surface area (Å²) in [6.45, 7) is 7.83. The van der Waals surface area contributed by atoms with E-state index in [1.165, 1.54) is 5.56 Å². The number of benzene rings is 1. The lowest BCUT2D eigenvalue weighted by Crippen LogP contribution is -2.33. The number of hydrogen-bond acceptors (Lipinski definition) is 3. The summed E-state index contributed by atoms with van der Waals surface area (Å²) in [5, 5.41) is 18.6. The molecule has 0 spiro atoms. The Labute approximate surface area is 146 Å². The first-order chi connectivity index (χ1) is 11.3. The number of aliphatic hydroxyl groups excluding tert-OH is 1. The van der Waals surface area contributed by atoms with E-state index in [0.29, 0.717) is 18.8 Å². The summed E-state index contributed by atoms with van der Waals surface area (Å²) in [7, 11) is 0. The van der Waals surface area contributed by atoms with Crippen LogP contribution in [0.5, 0.6) is 0 Å². The molecule has 0 bridgehead atoms. The molecule has 0 fully saturated rings. The van der Waals surface area contributed by atoms with Gasteiger partial charge in [-0.25, -0.2) is 4.89 Å². The maximum Gasteiger partial charge on any atom is 0.103 e. The van der Waals surface area contributed by atoms with E-state index in [2.05, 4.69) is 55.2 Å². The largest absolute Gasteiger partial charge is 0.393 e. The second-order valence-corrected chi connectivity index (χ2v) is 7.19. The fraction of sp³-hybridized carbons (Fsp3) is 0.524. The van der Waals surface area contributed by atoms with Gasteiger partial charge in [-0.05, 0) is 44.1 Å². The number of rotatable bonds is 10. The Hall–Kier alpha value is -1.42. The van der Waals surface area contributed by atoms with E-state index in [-0.39, 0.29) is 5.92 Å². The Balaban J connectivity index is 2.43. The molecule has 3 heteroatoms. The highest BCUT2D eigenvalue weighted by Gasteiger charge is 2.29. The minimum atomic E-state index is -0.712. The first kappa shape index (κ1) is 20.6. The topological polar surface area (TPSA) is 49.7 Å². The fourth-order valence-corrected chi connectivity index (χ4v) is 2.98. The molecule has 0 unspecified atom stereocenters. The van der Waals surface area contributed by atoms with E-state index >= 15 is 0 Å². The fourth-order valence-electron chi connectivity index (χ4n) is 2.98. The third kappa shape index (κ3) is 8.44. The molecule has 0 saturated heterocycles. The summed E-state index contributed by atoms with van der Waals surface area (Å²) in [6.07, 6.45) is 10.3. The standard InChI is InChI=1S/C21H32O3/c1-17(13-14-20-11-6-5-7-12-20)9-8-10-18(2)15-21(4,24-23)16-19(3)22/h5-8,10-14,17-19,22-23H,9,15-16H2,1-4H3/b10-8+,14-13+/t17-,18-,19+,21+/m0/s1. The third-order valence-corrected chi connectivity index (χ3v) is 4.09. The zero-order valence-corrected chi connectivity index (χ0v) is 15.4. The molecular formula is C21H32O3. The Morgan fingerprint density at radius 1 is 1.04 bits per heavy atom. The Bertz CT molecular complexity index is 507. The van der Waals surface area contributed by atoms with Gasteiger partial charge in [-0.2, -0.15) is 0 Å². The van der Waals surface area contributed by atoms with E-state index in [1.807, 2.05) is 25.1 Å². The predicted molar refractivity (Wildman–Crippen MR) is 101 cm³/mol. The van der Waals surface area contributed by atoms with Crippen LogP contribution in [-0.4, -0.2) is 22.1 Å². The molecule has 0 saturated carbocycles. The van der Waals surface area contributed by atoms with Gasteiger partial charge in [0, 0.05) is 6.42 Å². The molecule has 3 nitrogen and oxygen atoms in total. The number of aliphatic hydroxyl groups is 1. The predicted octanol–water partition coefficient (Wildman–Crippen LogP) is 5.33. The highest BCUT2D eigenvalue weighted by Crippen LogP contribution is 2.26. The zero-order chi connectivity index (χ0) is 18.0. The highest BCUT2D eigenvalue weighted by molar-refractivity contribution is 5.48. The van der Waals surface area contributed by atoms with Crippen molar-refractivity contribution in [2.75, 3.05) is 0 Å². The minimum absolute atomic E-state index is 0.270. The molecular weight excluding hydrogens is 300 g/mol. The van der Waals surface area contributed by atoms with E-state index in [0.717, 1.165) is 6.42 Å². The second-order valence-electron chi connectivity index (χ2n) is 7.19. The summed E-state index contributed by atoms with van der Waals surface area (Å²) in [4.78, 5) is 4.63. The molecule has 0 aliphatic carbocycles. The summed E-state index contributed by atoms with van der Waals surface area (Å²) in [5.41, 5.74) is 0.507. The van der Waals surface area contributed by atoms with E-state index in [1.54, 1.807) is 6.92 Å². The molecule has 134 valence electrons. The van der Waals surface area contributed by atoms with Gasteiger partial charge in [-0.15, -0.1) is 0 Å². The summed E-state index contributed by atoms with van der Waals surface area (Å²) in [5.74, 6) is 0.734. The van der Waals surface area contributed by atoms with Crippen molar-refractivity contribution >= 4 is 6.08 Å². The Kier molecular flexibility index (Phi) is 8.98. The first-order valence-corrected chi connectivity index (χ1v) is 8.75. The van der Waals surface area contributed by atoms with Crippen molar-refractivity contribution in [3.8, 4) is 0 Å². The third-order valence-electron chi connectivity index (χ3n) is 4.09. The lowest BCUT2D eigenvalue weighted by Gasteiger charge is -2.29. The Morgan fingerprint density at radius 2 is 1.71 bits per heavy atom.